The van der Waals surface area contributed by atoms with Gasteiger partial charge in [-0.3, -0.25) is 4.79 Å². The quantitative estimate of drug-likeness (QED) is 0.691. The summed E-state index contributed by atoms with van der Waals surface area (Å²) < 4.78 is 0.174. The molecule has 1 nitrogen and oxygen atoms in total. The first kappa shape index (κ1) is 7.21. The van der Waals surface area contributed by atoms with Gasteiger partial charge in [0.25, 0.3) is 4.06 Å². The van der Waals surface area contributed by atoms with Gasteiger partial charge in [0, 0.05) is 10.3 Å². The van der Waals surface area contributed by atoms with E-state index in [1.165, 1.54) is 27.6 Å². The lowest BCUT2D eigenvalue weighted by molar-refractivity contribution is 1.98. The number of thiophene rings is 1. The number of hydrogen-bond donors (Lipinski definition) is 0. The van der Waals surface area contributed by atoms with Crippen molar-refractivity contribution in [1.82, 2.24) is 0 Å². The van der Waals surface area contributed by atoms with E-state index in [0.29, 0.717) is 0 Å². The molecule has 0 spiro atoms. The van der Waals surface area contributed by atoms with Crippen LogP contribution in [-0.2, 0) is 0 Å². The summed E-state index contributed by atoms with van der Waals surface area (Å²) in [5.74, 6) is 0. The average molecular weight is 200 g/mol. The van der Waals surface area contributed by atoms with Crippen molar-refractivity contribution in [3.05, 3.63) is 31.7 Å². The van der Waals surface area contributed by atoms with E-state index >= 15 is 0 Å². The van der Waals surface area contributed by atoms with Crippen molar-refractivity contribution >= 4 is 34.0 Å². The highest BCUT2D eigenvalue weighted by Gasteiger charge is 2.00. The van der Waals surface area contributed by atoms with E-state index in [2.05, 4.69) is 0 Å². The van der Waals surface area contributed by atoms with Crippen molar-refractivity contribution in [2.45, 2.75) is 0 Å². The van der Waals surface area contributed by atoms with Crippen LogP contribution in [0.2, 0.25) is 0 Å². The van der Waals surface area contributed by atoms with Crippen LogP contribution in [0.25, 0.3) is 9.75 Å². The van der Waals surface area contributed by atoms with Gasteiger partial charge in [0.2, 0.25) is 0 Å². The van der Waals surface area contributed by atoms with E-state index < -0.39 is 0 Å². The molecule has 2 aromatic heterocycles. The molecule has 0 aromatic carbocycles. The maximum Gasteiger partial charge on any atom is 0.288 e. The molecule has 2 aromatic rings. The third kappa shape index (κ3) is 1.42. The molecule has 11 heavy (non-hydrogen) atoms. The van der Waals surface area contributed by atoms with Crippen LogP contribution in [0.5, 0.6) is 0 Å². The van der Waals surface area contributed by atoms with E-state index in [-0.39, 0.29) is 4.06 Å². The van der Waals surface area contributed by atoms with E-state index in [1.807, 2.05) is 22.9 Å². The minimum atomic E-state index is 0.174. The van der Waals surface area contributed by atoms with Gasteiger partial charge in [-0.1, -0.05) is 28.7 Å². The van der Waals surface area contributed by atoms with Crippen molar-refractivity contribution in [2.75, 3.05) is 0 Å². The Labute approximate surface area is 75.6 Å². The van der Waals surface area contributed by atoms with Gasteiger partial charge in [-0.25, -0.2) is 0 Å². The van der Waals surface area contributed by atoms with E-state index in [9.17, 15) is 4.79 Å². The number of hydrogen-bond acceptors (Lipinski definition) is 4. The third-order valence-electron chi connectivity index (χ3n) is 1.22. The van der Waals surface area contributed by atoms with Crippen LogP contribution < -0.4 is 4.06 Å². The van der Waals surface area contributed by atoms with Crippen LogP contribution in [0.1, 0.15) is 0 Å². The first-order chi connectivity index (χ1) is 5.36. The van der Waals surface area contributed by atoms with Crippen LogP contribution in [0.15, 0.2) is 27.7 Å². The molecule has 0 radical (unpaired) electrons. The Kier molecular flexibility index (Phi) is 1.89. The lowest BCUT2D eigenvalue weighted by atomic mass is 10.4. The van der Waals surface area contributed by atoms with Crippen molar-refractivity contribution < 1.29 is 0 Å². The zero-order chi connectivity index (χ0) is 7.68. The molecule has 56 valence electrons. The van der Waals surface area contributed by atoms with E-state index in [4.69, 9.17) is 0 Å². The fourth-order valence-corrected chi connectivity index (χ4v) is 3.37. The van der Waals surface area contributed by atoms with Crippen LogP contribution >= 0.6 is 34.0 Å². The molecule has 0 aliphatic carbocycles. The van der Waals surface area contributed by atoms with Gasteiger partial charge in [-0.2, -0.15) is 0 Å². The molecule has 0 atom stereocenters. The van der Waals surface area contributed by atoms with Gasteiger partial charge in [-0.05, 0) is 11.4 Å². The smallest absolute Gasteiger partial charge is 0.265 e. The summed E-state index contributed by atoms with van der Waals surface area (Å²) in [5, 5.41) is 3.93. The Hall–Kier alpha value is -0.450. The lowest BCUT2D eigenvalue weighted by Gasteiger charge is -1.83. The maximum absolute atomic E-state index is 10.8. The van der Waals surface area contributed by atoms with Crippen molar-refractivity contribution in [3.8, 4) is 9.75 Å². The summed E-state index contributed by atoms with van der Waals surface area (Å²) in [5.41, 5.74) is 0. The van der Waals surface area contributed by atoms with Gasteiger partial charge in [-0.15, -0.1) is 11.3 Å². The Balaban J connectivity index is 2.53. The first-order valence-corrected chi connectivity index (χ1v) is 5.56. The molecule has 0 amide bonds. The van der Waals surface area contributed by atoms with Gasteiger partial charge in [0.1, 0.15) is 0 Å². The Morgan fingerprint density at radius 3 is 2.64 bits per heavy atom. The Morgan fingerprint density at radius 2 is 2.09 bits per heavy atom. The monoisotopic (exact) mass is 200 g/mol. The normalized spacial score (nSPS) is 10.2. The Bertz CT molecular complexity index is 382. The summed E-state index contributed by atoms with van der Waals surface area (Å²) in [7, 11) is 0. The second kappa shape index (κ2) is 2.89. The molecule has 2 heterocycles. The molecule has 4 heteroatoms. The highest BCUT2D eigenvalue weighted by Crippen LogP contribution is 2.27. The predicted molar refractivity (Wildman–Crippen MR) is 51.8 cm³/mol. The SMILES string of the molecule is O=c1scc(-c2cccs2)s1. The van der Waals surface area contributed by atoms with Gasteiger partial charge in [0.15, 0.2) is 0 Å². The molecular weight excluding hydrogens is 196 g/mol. The van der Waals surface area contributed by atoms with Crippen LogP contribution in [-0.4, -0.2) is 0 Å². The van der Waals surface area contributed by atoms with Crippen LogP contribution in [0.4, 0.5) is 0 Å². The molecule has 2 rings (SSSR count). The largest absolute Gasteiger partial charge is 0.288 e. The first-order valence-electron chi connectivity index (χ1n) is 2.99. The maximum atomic E-state index is 10.8. The molecule has 0 aliphatic rings. The summed E-state index contributed by atoms with van der Waals surface area (Å²) in [6, 6.07) is 4.03. The minimum absolute atomic E-state index is 0.174. The van der Waals surface area contributed by atoms with Gasteiger partial charge < -0.3 is 0 Å². The average Bonchev–Trinajstić information content (AvgIpc) is 2.55. The second-order valence-corrected chi connectivity index (χ2v) is 4.99. The fraction of sp³-hybridized carbons (Fsp3) is 0. The molecule has 0 saturated carbocycles. The zero-order valence-corrected chi connectivity index (χ0v) is 7.89. The summed E-state index contributed by atoms with van der Waals surface area (Å²) in [6.07, 6.45) is 0. The molecular formula is C7H4OS3. The summed E-state index contributed by atoms with van der Waals surface area (Å²) >= 11 is 4.26. The molecule has 0 fully saturated rings. The lowest BCUT2D eigenvalue weighted by Crippen LogP contribution is -1.73. The Morgan fingerprint density at radius 1 is 1.18 bits per heavy atom. The van der Waals surface area contributed by atoms with E-state index in [0.717, 1.165) is 4.88 Å². The molecule has 0 aliphatic heterocycles. The van der Waals surface area contributed by atoms with E-state index in [1.54, 1.807) is 11.3 Å². The predicted octanol–water partition coefficient (Wildman–Crippen LogP) is 2.90. The highest BCUT2D eigenvalue weighted by molar-refractivity contribution is 7.30. The van der Waals surface area contributed by atoms with Crippen LogP contribution in [0, 0.1) is 0 Å². The van der Waals surface area contributed by atoms with Crippen molar-refractivity contribution in [1.29, 1.82) is 0 Å². The molecule has 0 saturated heterocycles. The van der Waals surface area contributed by atoms with Gasteiger partial charge in [0.05, 0.1) is 4.88 Å². The summed E-state index contributed by atoms with van der Waals surface area (Å²) in [4.78, 5) is 13.1. The summed E-state index contributed by atoms with van der Waals surface area (Å²) in [6.45, 7) is 0. The molecule has 0 unspecified atom stereocenters. The molecule has 0 N–H and O–H groups in total. The minimum Gasteiger partial charge on any atom is -0.265 e. The highest BCUT2D eigenvalue weighted by atomic mass is 32.2. The van der Waals surface area contributed by atoms with Crippen molar-refractivity contribution in [3.63, 3.8) is 0 Å². The fourth-order valence-electron chi connectivity index (χ4n) is 0.767. The van der Waals surface area contributed by atoms with Crippen molar-refractivity contribution in [2.24, 2.45) is 0 Å². The zero-order valence-electron chi connectivity index (χ0n) is 5.44. The molecule has 0 bridgehead atoms. The van der Waals surface area contributed by atoms with Crippen LogP contribution in [0.3, 0.4) is 0 Å². The number of rotatable bonds is 1. The third-order valence-corrected chi connectivity index (χ3v) is 4.21. The topological polar surface area (TPSA) is 17.1 Å². The second-order valence-electron chi connectivity index (χ2n) is 1.93. The standard InChI is InChI=1S/C7H4OS3/c8-7-10-4-6(11-7)5-2-1-3-9-5/h1-4H. The van der Waals surface area contributed by atoms with Gasteiger partial charge >= 0.3 is 0 Å².